The number of hydrogen-bond acceptors (Lipinski definition) is 9. The first-order valence-corrected chi connectivity index (χ1v) is 9.98. The Morgan fingerprint density at radius 3 is 2.45 bits per heavy atom. The van der Waals surface area contributed by atoms with Crippen LogP contribution in [-0.2, 0) is 20.8 Å². The second kappa shape index (κ2) is 10.6. The lowest BCUT2D eigenvalue weighted by Crippen LogP contribution is -2.59. The number of esters is 1. The van der Waals surface area contributed by atoms with E-state index in [1.54, 1.807) is 18.3 Å². The maximum Gasteiger partial charge on any atom is 0.338 e. The van der Waals surface area contributed by atoms with Gasteiger partial charge in [0.25, 0.3) is 0 Å². The van der Waals surface area contributed by atoms with E-state index in [0.29, 0.717) is 5.69 Å². The third kappa shape index (κ3) is 5.64. The SMILES string of the molecule is CO[C@@H]1O[C@H](COC(=O)c2cc(Cl)c(OCc3ccccn3)c(Cl)c2)[C@@H](O)[C@H](O)[C@H]1O. The number of hydrogen-bond donors (Lipinski definition) is 3. The van der Waals surface area contributed by atoms with Crippen LogP contribution in [0.2, 0.25) is 10.0 Å². The number of methoxy groups -OCH3 is 1. The van der Waals surface area contributed by atoms with E-state index in [4.69, 9.17) is 42.1 Å². The van der Waals surface area contributed by atoms with E-state index in [9.17, 15) is 20.1 Å². The summed E-state index contributed by atoms with van der Waals surface area (Å²) in [4.78, 5) is 16.6. The summed E-state index contributed by atoms with van der Waals surface area (Å²) in [5, 5.41) is 29.9. The van der Waals surface area contributed by atoms with E-state index in [-0.39, 0.29) is 28.0 Å². The van der Waals surface area contributed by atoms with Crippen LogP contribution in [-0.4, -0.2) is 70.7 Å². The Bertz CT molecular complexity index is 875. The van der Waals surface area contributed by atoms with Gasteiger partial charge >= 0.3 is 5.97 Å². The van der Waals surface area contributed by atoms with Crippen molar-refractivity contribution in [3.05, 3.63) is 57.8 Å². The van der Waals surface area contributed by atoms with Gasteiger partial charge in [-0.2, -0.15) is 0 Å². The highest BCUT2D eigenvalue weighted by atomic mass is 35.5. The summed E-state index contributed by atoms with van der Waals surface area (Å²) in [5.74, 6) is -0.595. The van der Waals surface area contributed by atoms with Gasteiger partial charge in [0, 0.05) is 13.3 Å². The topological polar surface area (TPSA) is 128 Å². The number of aliphatic hydroxyl groups is 3. The molecule has 11 heteroatoms. The number of benzene rings is 1. The third-order valence-corrected chi connectivity index (χ3v) is 5.17. The molecule has 0 radical (unpaired) electrons. The zero-order valence-corrected chi connectivity index (χ0v) is 17.9. The minimum Gasteiger partial charge on any atom is -0.484 e. The summed E-state index contributed by atoms with van der Waals surface area (Å²) in [6.07, 6.45) is -5.11. The Kier molecular flexibility index (Phi) is 8.06. The first kappa shape index (κ1) is 23.7. The van der Waals surface area contributed by atoms with Crippen LogP contribution >= 0.6 is 23.2 Å². The molecule has 0 bridgehead atoms. The zero-order valence-electron chi connectivity index (χ0n) is 16.4. The summed E-state index contributed by atoms with van der Waals surface area (Å²) in [5.41, 5.74) is 0.722. The van der Waals surface area contributed by atoms with Crippen LogP contribution in [0.3, 0.4) is 0 Å². The molecule has 1 aliphatic heterocycles. The molecule has 9 nitrogen and oxygen atoms in total. The molecule has 1 saturated heterocycles. The van der Waals surface area contributed by atoms with E-state index < -0.39 is 43.3 Å². The summed E-state index contributed by atoms with van der Waals surface area (Å²) in [6, 6.07) is 8.03. The highest BCUT2D eigenvalue weighted by Crippen LogP contribution is 2.35. The van der Waals surface area contributed by atoms with Gasteiger partial charge in [0.05, 0.1) is 21.3 Å². The molecule has 3 N–H and O–H groups in total. The van der Waals surface area contributed by atoms with E-state index in [2.05, 4.69) is 4.98 Å². The Labute approximate surface area is 188 Å². The lowest BCUT2D eigenvalue weighted by Gasteiger charge is -2.39. The van der Waals surface area contributed by atoms with E-state index >= 15 is 0 Å². The summed E-state index contributed by atoms with van der Waals surface area (Å²) < 4.78 is 21.0. The van der Waals surface area contributed by atoms with Gasteiger partial charge in [0.2, 0.25) is 0 Å². The number of rotatable bonds is 7. The maximum absolute atomic E-state index is 12.4. The molecule has 3 rings (SSSR count). The second-order valence-electron chi connectivity index (χ2n) is 6.73. The van der Waals surface area contributed by atoms with Crippen LogP contribution in [0.1, 0.15) is 16.1 Å². The molecule has 0 saturated carbocycles. The molecule has 5 atom stereocenters. The van der Waals surface area contributed by atoms with Crippen molar-refractivity contribution in [2.75, 3.05) is 13.7 Å². The largest absolute Gasteiger partial charge is 0.484 e. The number of carbonyl (C=O) groups is 1. The number of aliphatic hydroxyl groups excluding tert-OH is 3. The maximum atomic E-state index is 12.4. The molecule has 1 aromatic carbocycles. The van der Waals surface area contributed by atoms with Gasteiger partial charge in [-0.1, -0.05) is 29.3 Å². The Morgan fingerprint density at radius 2 is 1.84 bits per heavy atom. The van der Waals surface area contributed by atoms with E-state index in [1.165, 1.54) is 19.2 Å². The fourth-order valence-electron chi connectivity index (χ4n) is 2.94. The van der Waals surface area contributed by atoms with Gasteiger partial charge in [-0.25, -0.2) is 4.79 Å². The second-order valence-corrected chi connectivity index (χ2v) is 7.54. The normalized spacial score (nSPS) is 25.8. The minimum absolute atomic E-state index is 0.0503. The lowest BCUT2D eigenvalue weighted by atomic mass is 9.99. The summed E-state index contributed by atoms with van der Waals surface area (Å²) in [7, 11) is 1.27. The fraction of sp³-hybridized carbons (Fsp3) is 0.400. The minimum atomic E-state index is -1.53. The highest BCUT2D eigenvalue weighted by Gasteiger charge is 2.44. The number of nitrogens with zero attached hydrogens (tertiary/aromatic N) is 1. The van der Waals surface area contributed by atoms with Crippen molar-refractivity contribution < 1.29 is 39.1 Å². The third-order valence-electron chi connectivity index (χ3n) is 4.60. The Balaban J connectivity index is 1.63. The fourth-order valence-corrected chi connectivity index (χ4v) is 3.53. The molecule has 31 heavy (non-hydrogen) atoms. The Morgan fingerprint density at radius 1 is 1.13 bits per heavy atom. The van der Waals surface area contributed by atoms with Crippen molar-refractivity contribution in [1.82, 2.24) is 4.98 Å². The van der Waals surface area contributed by atoms with Crippen LogP contribution in [0, 0.1) is 0 Å². The Hall–Kier alpha value is -1.98. The quantitative estimate of drug-likeness (QED) is 0.513. The molecule has 1 aromatic heterocycles. The number of pyridine rings is 1. The summed E-state index contributed by atoms with van der Waals surface area (Å²) >= 11 is 12.4. The van der Waals surface area contributed by atoms with Crippen LogP contribution < -0.4 is 4.74 Å². The molecule has 0 aliphatic carbocycles. The average Bonchev–Trinajstić information content (AvgIpc) is 2.77. The molecule has 0 spiro atoms. The van der Waals surface area contributed by atoms with Gasteiger partial charge in [-0.3, -0.25) is 4.98 Å². The molecular formula is C20H21Cl2NO8. The predicted octanol–water partition coefficient (Wildman–Crippen LogP) is 1.58. The molecular weight excluding hydrogens is 453 g/mol. The predicted molar refractivity (Wildman–Crippen MR) is 109 cm³/mol. The molecule has 1 fully saturated rings. The monoisotopic (exact) mass is 473 g/mol. The molecule has 1 aliphatic rings. The average molecular weight is 474 g/mol. The van der Waals surface area contributed by atoms with Crippen molar-refractivity contribution in [2.45, 2.75) is 37.3 Å². The van der Waals surface area contributed by atoms with Gasteiger partial charge in [0.15, 0.2) is 12.0 Å². The molecule has 168 valence electrons. The molecule has 0 unspecified atom stereocenters. The van der Waals surface area contributed by atoms with Crippen LogP contribution in [0.15, 0.2) is 36.5 Å². The smallest absolute Gasteiger partial charge is 0.338 e. The van der Waals surface area contributed by atoms with E-state index in [0.717, 1.165) is 0 Å². The molecule has 2 heterocycles. The van der Waals surface area contributed by atoms with E-state index in [1.807, 2.05) is 6.07 Å². The van der Waals surface area contributed by atoms with Gasteiger partial charge < -0.3 is 34.3 Å². The lowest BCUT2D eigenvalue weighted by molar-refractivity contribution is -0.294. The van der Waals surface area contributed by atoms with Crippen molar-refractivity contribution >= 4 is 29.2 Å². The number of aromatic nitrogens is 1. The van der Waals surface area contributed by atoms with Crippen molar-refractivity contribution in [2.24, 2.45) is 0 Å². The van der Waals surface area contributed by atoms with Crippen molar-refractivity contribution in [3.63, 3.8) is 0 Å². The van der Waals surface area contributed by atoms with Crippen LogP contribution in [0.4, 0.5) is 0 Å². The van der Waals surface area contributed by atoms with Gasteiger partial charge in [-0.15, -0.1) is 0 Å². The standard InChI is InChI=1S/C20H21Cl2NO8/c1-28-20-17(26)16(25)15(24)14(31-20)9-30-19(27)10-6-12(21)18(13(22)7-10)29-8-11-4-2-3-5-23-11/h2-7,14-17,20,24-26H,8-9H2,1H3/t14-,15-,16+,17-,20-/m1/s1. The molecule has 0 amide bonds. The van der Waals surface area contributed by atoms with Crippen LogP contribution in [0.5, 0.6) is 5.75 Å². The highest BCUT2D eigenvalue weighted by molar-refractivity contribution is 6.37. The van der Waals surface area contributed by atoms with Crippen molar-refractivity contribution in [1.29, 1.82) is 0 Å². The number of carbonyl (C=O) groups excluding carboxylic acids is 1. The zero-order chi connectivity index (χ0) is 22.5. The van der Waals surface area contributed by atoms with Gasteiger partial charge in [-0.05, 0) is 24.3 Å². The first-order valence-electron chi connectivity index (χ1n) is 9.23. The van der Waals surface area contributed by atoms with Crippen LogP contribution in [0.25, 0.3) is 0 Å². The molecule has 2 aromatic rings. The van der Waals surface area contributed by atoms with Gasteiger partial charge in [0.1, 0.15) is 37.6 Å². The number of ether oxygens (including phenoxy) is 4. The number of halogens is 2. The van der Waals surface area contributed by atoms with Crippen molar-refractivity contribution in [3.8, 4) is 5.75 Å². The first-order chi connectivity index (χ1) is 14.8. The summed E-state index contributed by atoms with van der Waals surface area (Å²) in [6.45, 7) is -0.271.